The molecule has 1 atom stereocenters. The molecule has 1 N–H and O–H groups in total. The highest BCUT2D eigenvalue weighted by Crippen LogP contribution is 2.21. The Bertz CT molecular complexity index is 592. The van der Waals surface area contributed by atoms with Crippen molar-refractivity contribution < 1.29 is 5.11 Å². The Morgan fingerprint density at radius 1 is 1.30 bits per heavy atom. The van der Waals surface area contributed by atoms with E-state index in [-0.39, 0.29) is 0 Å². The van der Waals surface area contributed by atoms with E-state index < -0.39 is 6.10 Å². The van der Waals surface area contributed by atoms with Gasteiger partial charge in [-0.25, -0.2) is 0 Å². The fourth-order valence-electron chi connectivity index (χ4n) is 2.46. The van der Waals surface area contributed by atoms with Crippen molar-refractivity contribution in [2.75, 3.05) is 0 Å². The number of benzene rings is 1. The maximum Gasteiger partial charge on any atom is 0.130 e. The van der Waals surface area contributed by atoms with Crippen LogP contribution in [0.15, 0.2) is 24.3 Å². The topological polar surface area (TPSA) is 38.1 Å². The molecule has 20 heavy (non-hydrogen) atoms. The molecule has 4 heteroatoms. The molecule has 1 aromatic carbocycles. The lowest BCUT2D eigenvalue weighted by Gasteiger charge is -2.11. The standard InChI is InChI=1S/C16H21ClN2O/c1-11-6-4-5-7-13(11)8-9-14(20)10-15-12(2)18-19(3)16(15)17/h4-7,14,20H,8-10H2,1-3H3. The van der Waals surface area contributed by atoms with E-state index in [1.54, 1.807) is 4.68 Å². The van der Waals surface area contributed by atoms with Gasteiger partial charge < -0.3 is 5.11 Å². The second-order valence-electron chi connectivity index (χ2n) is 5.30. The van der Waals surface area contributed by atoms with Crippen LogP contribution in [0.1, 0.15) is 28.8 Å². The van der Waals surface area contributed by atoms with Gasteiger partial charge in [0.2, 0.25) is 0 Å². The molecule has 2 aromatic rings. The van der Waals surface area contributed by atoms with Crippen LogP contribution < -0.4 is 0 Å². The van der Waals surface area contributed by atoms with Crippen LogP contribution in [0, 0.1) is 13.8 Å². The SMILES string of the molecule is Cc1ccccc1CCC(O)Cc1c(C)nn(C)c1Cl. The molecule has 0 aliphatic carbocycles. The molecule has 1 aromatic heterocycles. The van der Waals surface area contributed by atoms with Crippen LogP contribution in [-0.4, -0.2) is 21.0 Å². The molecular formula is C16H21ClN2O. The first-order chi connectivity index (χ1) is 9.49. The van der Waals surface area contributed by atoms with E-state index in [1.165, 1.54) is 11.1 Å². The van der Waals surface area contributed by atoms with Gasteiger partial charge in [0.1, 0.15) is 5.15 Å². The summed E-state index contributed by atoms with van der Waals surface area (Å²) in [6.07, 6.45) is 1.78. The molecule has 0 aliphatic heterocycles. The summed E-state index contributed by atoms with van der Waals surface area (Å²) in [5, 5.41) is 15.1. The summed E-state index contributed by atoms with van der Waals surface area (Å²) in [7, 11) is 1.82. The van der Waals surface area contributed by atoms with E-state index in [9.17, 15) is 5.11 Å². The number of rotatable bonds is 5. The summed E-state index contributed by atoms with van der Waals surface area (Å²) in [4.78, 5) is 0. The number of aryl methyl sites for hydroxylation is 4. The van der Waals surface area contributed by atoms with E-state index in [0.29, 0.717) is 11.6 Å². The number of nitrogens with zero attached hydrogens (tertiary/aromatic N) is 2. The second kappa shape index (κ2) is 6.42. The minimum absolute atomic E-state index is 0.394. The van der Waals surface area contributed by atoms with Crippen molar-refractivity contribution in [3.05, 3.63) is 51.8 Å². The lowest BCUT2D eigenvalue weighted by atomic mass is 9.99. The highest BCUT2D eigenvalue weighted by atomic mass is 35.5. The first kappa shape index (κ1) is 15.1. The third kappa shape index (κ3) is 3.41. The molecule has 3 nitrogen and oxygen atoms in total. The highest BCUT2D eigenvalue weighted by molar-refractivity contribution is 6.30. The van der Waals surface area contributed by atoms with Crippen LogP contribution in [0.2, 0.25) is 5.15 Å². The monoisotopic (exact) mass is 292 g/mol. The van der Waals surface area contributed by atoms with Crippen LogP contribution in [0.5, 0.6) is 0 Å². The molecule has 0 saturated heterocycles. The molecule has 0 aliphatic rings. The van der Waals surface area contributed by atoms with E-state index in [2.05, 4.69) is 24.2 Å². The Balaban J connectivity index is 1.96. The molecule has 1 heterocycles. The molecule has 108 valence electrons. The van der Waals surface area contributed by atoms with Gasteiger partial charge in [0, 0.05) is 19.0 Å². The Morgan fingerprint density at radius 2 is 2.00 bits per heavy atom. The summed E-state index contributed by atoms with van der Waals surface area (Å²) < 4.78 is 1.65. The molecule has 0 spiro atoms. The Morgan fingerprint density at radius 3 is 2.60 bits per heavy atom. The zero-order valence-electron chi connectivity index (χ0n) is 12.2. The van der Waals surface area contributed by atoms with Crippen LogP contribution >= 0.6 is 11.6 Å². The number of hydrogen-bond acceptors (Lipinski definition) is 2. The van der Waals surface area contributed by atoms with Crippen molar-refractivity contribution in [2.24, 2.45) is 7.05 Å². The molecule has 2 rings (SSSR count). The van der Waals surface area contributed by atoms with Crippen LogP contribution in [0.4, 0.5) is 0 Å². The smallest absolute Gasteiger partial charge is 0.130 e. The van der Waals surface area contributed by atoms with Gasteiger partial charge >= 0.3 is 0 Å². The number of aliphatic hydroxyl groups excluding tert-OH is 1. The number of halogens is 1. The van der Waals surface area contributed by atoms with Gasteiger partial charge in [-0.05, 0) is 37.8 Å². The lowest BCUT2D eigenvalue weighted by molar-refractivity contribution is 0.165. The van der Waals surface area contributed by atoms with Gasteiger partial charge in [-0.3, -0.25) is 4.68 Å². The van der Waals surface area contributed by atoms with Crippen LogP contribution in [0.3, 0.4) is 0 Å². The molecular weight excluding hydrogens is 272 g/mol. The van der Waals surface area contributed by atoms with Gasteiger partial charge in [-0.2, -0.15) is 5.10 Å². The van der Waals surface area contributed by atoms with Gasteiger partial charge in [0.05, 0.1) is 11.8 Å². The second-order valence-corrected chi connectivity index (χ2v) is 5.66. The van der Waals surface area contributed by atoms with E-state index in [0.717, 1.165) is 24.1 Å². The molecule has 0 bridgehead atoms. The van der Waals surface area contributed by atoms with E-state index >= 15 is 0 Å². The van der Waals surface area contributed by atoms with Gasteiger partial charge in [-0.1, -0.05) is 35.9 Å². The van der Waals surface area contributed by atoms with E-state index in [4.69, 9.17) is 11.6 Å². The minimum atomic E-state index is -0.394. The largest absolute Gasteiger partial charge is 0.393 e. The predicted molar refractivity (Wildman–Crippen MR) is 82.2 cm³/mol. The molecule has 0 amide bonds. The van der Waals surface area contributed by atoms with Gasteiger partial charge in [0.15, 0.2) is 0 Å². The minimum Gasteiger partial charge on any atom is -0.393 e. The maximum absolute atomic E-state index is 10.2. The molecule has 0 fully saturated rings. The zero-order chi connectivity index (χ0) is 14.7. The summed E-state index contributed by atoms with van der Waals surface area (Å²) in [5.74, 6) is 0. The summed E-state index contributed by atoms with van der Waals surface area (Å²) >= 11 is 6.19. The normalized spacial score (nSPS) is 12.7. The summed E-state index contributed by atoms with van der Waals surface area (Å²) in [6, 6.07) is 8.29. The van der Waals surface area contributed by atoms with Crippen molar-refractivity contribution in [3.8, 4) is 0 Å². The highest BCUT2D eigenvalue weighted by Gasteiger charge is 2.15. The number of aliphatic hydroxyl groups is 1. The molecule has 0 radical (unpaired) electrons. The molecule has 0 saturated carbocycles. The third-order valence-electron chi connectivity index (χ3n) is 3.72. The number of hydrogen-bond donors (Lipinski definition) is 1. The first-order valence-corrected chi connectivity index (χ1v) is 7.27. The zero-order valence-corrected chi connectivity index (χ0v) is 13.0. The van der Waals surface area contributed by atoms with Crippen molar-refractivity contribution in [2.45, 2.75) is 39.2 Å². The maximum atomic E-state index is 10.2. The Hall–Kier alpha value is -1.32. The van der Waals surface area contributed by atoms with Gasteiger partial charge in [-0.15, -0.1) is 0 Å². The Labute approximate surface area is 125 Å². The summed E-state index contributed by atoms with van der Waals surface area (Å²) in [5.41, 5.74) is 4.41. The predicted octanol–water partition coefficient (Wildman–Crippen LogP) is 3.23. The average molecular weight is 293 g/mol. The first-order valence-electron chi connectivity index (χ1n) is 6.89. The van der Waals surface area contributed by atoms with E-state index in [1.807, 2.05) is 26.1 Å². The fourth-order valence-corrected chi connectivity index (χ4v) is 2.71. The van der Waals surface area contributed by atoms with Gasteiger partial charge in [0.25, 0.3) is 0 Å². The van der Waals surface area contributed by atoms with Crippen LogP contribution in [-0.2, 0) is 19.9 Å². The van der Waals surface area contributed by atoms with Crippen molar-refractivity contribution in [1.29, 1.82) is 0 Å². The lowest BCUT2D eigenvalue weighted by Crippen LogP contribution is -2.12. The van der Waals surface area contributed by atoms with Crippen molar-refractivity contribution >= 4 is 11.6 Å². The molecule has 1 unspecified atom stereocenters. The summed E-state index contributed by atoms with van der Waals surface area (Å²) in [6.45, 7) is 4.03. The average Bonchev–Trinajstić information content (AvgIpc) is 2.64. The van der Waals surface area contributed by atoms with Crippen LogP contribution in [0.25, 0.3) is 0 Å². The number of aromatic nitrogens is 2. The quantitative estimate of drug-likeness (QED) is 0.919. The third-order valence-corrected chi connectivity index (χ3v) is 4.19. The Kier molecular flexibility index (Phi) is 4.84. The fraction of sp³-hybridized carbons (Fsp3) is 0.438. The van der Waals surface area contributed by atoms with Crippen molar-refractivity contribution in [1.82, 2.24) is 9.78 Å². The van der Waals surface area contributed by atoms with Crippen molar-refractivity contribution in [3.63, 3.8) is 0 Å².